The number of fused-ring (bicyclic) bond motifs is 3. The third-order valence-electron chi connectivity index (χ3n) is 4.90. The van der Waals surface area contributed by atoms with Crippen LogP contribution in [-0.4, -0.2) is 41.4 Å². The number of aromatic nitrogens is 1. The number of carbonyl (C=O) groups is 3. The van der Waals surface area contributed by atoms with Crippen molar-refractivity contribution in [2.24, 2.45) is 0 Å². The number of benzene rings is 2. The van der Waals surface area contributed by atoms with Crippen molar-refractivity contribution >= 4 is 18.0 Å². The molecule has 0 bridgehead atoms. The summed E-state index contributed by atoms with van der Waals surface area (Å²) >= 11 is 0. The molecule has 32 heavy (non-hydrogen) atoms. The Bertz CT molecular complexity index is 1110. The average Bonchev–Trinajstić information content (AvgIpc) is 3.39. The number of nitrogens with zero attached hydrogens (tertiary/aromatic N) is 1. The first kappa shape index (κ1) is 21.1. The van der Waals surface area contributed by atoms with E-state index in [-0.39, 0.29) is 30.5 Å². The van der Waals surface area contributed by atoms with E-state index < -0.39 is 24.6 Å². The molecule has 0 radical (unpaired) electrons. The summed E-state index contributed by atoms with van der Waals surface area (Å²) in [5.41, 5.74) is 6.29. The number of hydrogen-bond donors (Lipinski definition) is 3. The number of hydrogen-bond acceptors (Lipinski definition) is 7. The third kappa shape index (κ3) is 4.60. The first-order valence-electron chi connectivity index (χ1n) is 9.71. The number of hydroxylamine groups is 1. The molecule has 1 heterocycles. The summed E-state index contributed by atoms with van der Waals surface area (Å²) in [7, 11) is 0. The van der Waals surface area contributed by atoms with Gasteiger partial charge in [-0.1, -0.05) is 53.7 Å². The van der Waals surface area contributed by atoms with Gasteiger partial charge in [-0.2, -0.15) is 0 Å². The van der Waals surface area contributed by atoms with Gasteiger partial charge in [-0.25, -0.2) is 15.1 Å². The molecule has 10 heteroatoms. The van der Waals surface area contributed by atoms with Crippen LogP contribution in [0.5, 0.6) is 0 Å². The van der Waals surface area contributed by atoms with E-state index in [1.54, 1.807) is 0 Å². The summed E-state index contributed by atoms with van der Waals surface area (Å²) in [6.45, 7) is -0.572. The average molecular weight is 437 g/mol. The fraction of sp³-hybridized carbons (Fsp3) is 0.182. The predicted molar refractivity (Wildman–Crippen MR) is 109 cm³/mol. The van der Waals surface area contributed by atoms with Gasteiger partial charge >= 0.3 is 12.1 Å². The molecule has 1 aromatic heterocycles. The number of amides is 2. The highest BCUT2D eigenvalue weighted by molar-refractivity contribution is 5.91. The quantitative estimate of drug-likeness (QED) is 0.457. The lowest BCUT2D eigenvalue weighted by Gasteiger charge is -2.14. The zero-order chi connectivity index (χ0) is 22.5. The van der Waals surface area contributed by atoms with Crippen LogP contribution in [0.1, 0.15) is 33.3 Å². The Labute approximate surface area is 182 Å². The molecule has 0 unspecified atom stereocenters. The largest absolute Gasteiger partial charge is 0.479 e. The topological polar surface area (TPSA) is 140 Å². The number of ether oxygens (including phenoxy) is 1. The molecular formula is C22H19N3O7. The van der Waals surface area contributed by atoms with E-state index in [1.807, 2.05) is 41.9 Å². The van der Waals surface area contributed by atoms with Crippen molar-refractivity contribution < 1.29 is 33.6 Å². The van der Waals surface area contributed by atoms with Crippen molar-refractivity contribution in [3.8, 4) is 11.1 Å². The third-order valence-corrected chi connectivity index (χ3v) is 4.90. The molecular weight excluding hydrogens is 418 g/mol. The smallest absolute Gasteiger partial charge is 0.407 e. The normalized spacial score (nSPS) is 12.0. The maximum absolute atomic E-state index is 12.2. The second kappa shape index (κ2) is 9.31. The lowest BCUT2D eigenvalue weighted by Crippen LogP contribution is -2.27. The van der Waals surface area contributed by atoms with Gasteiger partial charge in [0, 0.05) is 12.0 Å². The Morgan fingerprint density at radius 1 is 1.03 bits per heavy atom. The number of carbonyl (C=O) groups excluding carboxylic acids is 2. The van der Waals surface area contributed by atoms with Crippen molar-refractivity contribution in [3.05, 3.63) is 77.2 Å². The molecule has 1 aliphatic rings. The van der Waals surface area contributed by atoms with E-state index in [2.05, 4.69) is 27.4 Å². The van der Waals surface area contributed by atoms with Crippen LogP contribution in [0.25, 0.3) is 11.1 Å². The van der Waals surface area contributed by atoms with E-state index in [0.29, 0.717) is 0 Å². The minimum absolute atomic E-state index is 0.0487. The van der Waals surface area contributed by atoms with Gasteiger partial charge < -0.3 is 19.7 Å². The predicted octanol–water partition coefficient (Wildman–Crippen LogP) is 2.46. The summed E-state index contributed by atoms with van der Waals surface area (Å²) in [6.07, 6.45) is -0.640. The Balaban J connectivity index is 1.29. The van der Waals surface area contributed by atoms with E-state index in [9.17, 15) is 14.4 Å². The molecule has 0 aliphatic heterocycles. The van der Waals surface area contributed by atoms with Gasteiger partial charge in [0.1, 0.15) is 6.61 Å². The first-order chi connectivity index (χ1) is 15.5. The molecule has 4 rings (SSSR count). The number of aliphatic carboxylic acids is 1. The SMILES string of the molecule is O=C(O)CONC(=O)c1cc(CNC(=O)OCC2c3ccccc3-c3ccccc32)on1. The summed E-state index contributed by atoms with van der Waals surface area (Å²) in [5, 5.41) is 14.6. The van der Waals surface area contributed by atoms with Crippen LogP contribution in [0, 0.1) is 0 Å². The van der Waals surface area contributed by atoms with Crippen LogP contribution >= 0.6 is 0 Å². The minimum atomic E-state index is -1.24. The van der Waals surface area contributed by atoms with Crippen LogP contribution in [0.3, 0.4) is 0 Å². The highest BCUT2D eigenvalue weighted by Crippen LogP contribution is 2.44. The van der Waals surface area contributed by atoms with Gasteiger partial charge in [-0.3, -0.25) is 9.63 Å². The van der Waals surface area contributed by atoms with E-state index in [4.69, 9.17) is 14.4 Å². The van der Waals surface area contributed by atoms with Crippen LogP contribution in [0.15, 0.2) is 59.1 Å². The summed E-state index contributed by atoms with van der Waals surface area (Å²) < 4.78 is 10.4. The molecule has 1 aliphatic carbocycles. The van der Waals surface area contributed by atoms with Crippen molar-refractivity contribution in [3.63, 3.8) is 0 Å². The van der Waals surface area contributed by atoms with Crippen LogP contribution in [-0.2, 0) is 20.9 Å². The van der Waals surface area contributed by atoms with Crippen LogP contribution in [0.4, 0.5) is 4.79 Å². The Morgan fingerprint density at radius 2 is 1.69 bits per heavy atom. The second-order valence-electron chi connectivity index (χ2n) is 6.97. The summed E-state index contributed by atoms with van der Waals surface area (Å²) in [4.78, 5) is 38.8. The number of rotatable bonds is 8. The Morgan fingerprint density at radius 3 is 2.34 bits per heavy atom. The van der Waals surface area contributed by atoms with Crippen molar-refractivity contribution in [1.82, 2.24) is 16.0 Å². The zero-order valence-electron chi connectivity index (χ0n) is 16.7. The first-order valence-corrected chi connectivity index (χ1v) is 9.71. The second-order valence-corrected chi connectivity index (χ2v) is 6.97. The zero-order valence-corrected chi connectivity index (χ0v) is 16.7. The van der Waals surface area contributed by atoms with E-state index in [1.165, 1.54) is 6.07 Å². The molecule has 10 nitrogen and oxygen atoms in total. The lowest BCUT2D eigenvalue weighted by atomic mass is 9.98. The number of carboxylic acid groups (broad SMARTS) is 1. The van der Waals surface area contributed by atoms with Crippen LogP contribution < -0.4 is 10.8 Å². The van der Waals surface area contributed by atoms with E-state index >= 15 is 0 Å². The lowest BCUT2D eigenvalue weighted by molar-refractivity contribution is -0.144. The van der Waals surface area contributed by atoms with Crippen molar-refractivity contribution in [2.45, 2.75) is 12.5 Å². The van der Waals surface area contributed by atoms with Gasteiger partial charge in [0.05, 0.1) is 6.54 Å². The summed E-state index contributed by atoms with van der Waals surface area (Å²) in [5.74, 6) is -1.86. The molecule has 0 atom stereocenters. The van der Waals surface area contributed by atoms with Crippen molar-refractivity contribution in [2.75, 3.05) is 13.2 Å². The summed E-state index contributed by atoms with van der Waals surface area (Å²) in [6, 6.07) is 17.3. The molecule has 0 fully saturated rings. The molecule has 164 valence electrons. The van der Waals surface area contributed by atoms with Gasteiger partial charge in [0.15, 0.2) is 18.1 Å². The molecule has 0 spiro atoms. The fourth-order valence-electron chi connectivity index (χ4n) is 3.53. The molecule has 0 saturated heterocycles. The standard InChI is InChI=1S/C22H19N3O7/c26-20(27)12-31-25-21(28)19-9-13(32-24-19)10-23-22(29)30-11-18-16-7-3-1-5-14(16)15-6-2-4-8-17(15)18/h1-9,18H,10-12H2,(H,23,29)(H,25,28)(H,26,27). The highest BCUT2D eigenvalue weighted by Gasteiger charge is 2.29. The van der Waals surface area contributed by atoms with Gasteiger partial charge in [0.25, 0.3) is 5.91 Å². The highest BCUT2D eigenvalue weighted by atomic mass is 16.7. The number of alkyl carbamates (subject to hydrolysis) is 1. The Kier molecular flexibility index (Phi) is 6.13. The minimum Gasteiger partial charge on any atom is -0.479 e. The van der Waals surface area contributed by atoms with Gasteiger partial charge in [-0.15, -0.1) is 0 Å². The van der Waals surface area contributed by atoms with Crippen LogP contribution in [0.2, 0.25) is 0 Å². The number of nitrogens with one attached hydrogen (secondary N) is 2. The van der Waals surface area contributed by atoms with Gasteiger partial charge in [-0.05, 0) is 22.3 Å². The monoisotopic (exact) mass is 437 g/mol. The molecule has 2 aromatic carbocycles. The van der Waals surface area contributed by atoms with Crippen molar-refractivity contribution in [1.29, 1.82) is 0 Å². The number of carboxylic acids is 1. The van der Waals surface area contributed by atoms with E-state index in [0.717, 1.165) is 22.3 Å². The van der Waals surface area contributed by atoms with Gasteiger partial charge in [0.2, 0.25) is 0 Å². The molecule has 3 N–H and O–H groups in total. The molecule has 0 saturated carbocycles. The Hall–Kier alpha value is -4.18. The molecule has 2 amide bonds. The molecule has 3 aromatic rings. The maximum atomic E-state index is 12.2. The maximum Gasteiger partial charge on any atom is 0.407 e. The fourth-order valence-corrected chi connectivity index (χ4v) is 3.53.